The molecule has 0 amide bonds. The van der Waals surface area contributed by atoms with Crippen LogP contribution < -0.4 is 0 Å². The van der Waals surface area contributed by atoms with Crippen molar-refractivity contribution in [3.63, 3.8) is 0 Å². The summed E-state index contributed by atoms with van der Waals surface area (Å²) in [6, 6.07) is 84.3. The Bertz CT molecular complexity index is 3980. The lowest BCUT2D eigenvalue weighted by molar-refractivity contribution is 1.18. The third-order valence-electron chi connectivity index (χ3n) is 14.5. The van der Waals surface area contributed by atoms with E-state index in [2.05, 4.69) is 229 Å². The lowest BCUT2D eigenvalue weighted by atomic mass is 9.88. The van der Waals surface area contributed by atoms with Crippen LogP contribution >= 0.6 is 0 Å². The average Bonchev–Trinajstić information content (AvgIpc) is 3.72. The molecule has 1 aromatic heterocycles. The van der Waals surface area contributed by atoms with E-state index in [9.17, 15) is 0 Å². The van der Waals surface area contributed by atoms with Crippen LogP contribution in [0.3, 0.4) is 0 Å². The minimum absolute atomic E-state index is 1.15. The van der Waals surface area contributed by atoms with Gasteiger partial charge in [-0.25, -0.2) is 0 Å². The monoisotopic (exact) mass is 819 g/mol. The van der Waals surface area contributed by atoms with E-state index < -0.39 is 0 Å². The zero-order chi connectivity index (χ0) is 42.3. The van der Waals surface area contributed by atoms with Crippen molar-refractivity contribution in [3.05, 3.63) is 224 Å². The van der Waals surface area contributed by atoms with E-state index in [1.165, 1.54) is 142 Å². The van der Waals surface area contributed by atoms with E-state index in [1.54, 1.807) is 0 Å². The molecule has 1 heterocycles. The van der Waals surface area contributed by atoms with Gasteiger partial charge in [-0.2, -0.15) is 0 Å². The predicted molar refractivity (Wildman–Crippen MR) is 279 cm³/mol. The van der Waals surface area contributed by atoms with Gasteiger partial charge < -0.3 is 4.57 Å². The van der Waals surface area contributed by atoms with Crippen LogP contribution in [0.1, 0.15) is 0 Å². The molecule has 0 saturated heterocycles. The molecule has 15 rings (SSSR count). The standard InChI is InChI=1S/C64H37N/c1-3-9-38(10-4-1)48-35-49(39-11-5-2-6-12-39)37-52(36-48)65-57-29-27-53(50-31-44-21-17-40-13-7-14-41-18-22-45(32-50)61(44)59(40)41)55-25-26-56-54(28-30-58(65)64(56)63(55)57)51-33-46-23-19-42-15-8-16-43-20-24-47(34-51)62(46)60(42)43/h1-37H. The Morgan fingerprint density at radius 3 is 0.985 bits per heavy atom. The summed E-state index contributed by atoms with van der Waals surface area (Å²) in [5, 5.41) is 20.8. The molecule has 1 nitrogen and oxygen atoms in total. The molecule has 0 fully saturated rings. The molecule has 0 radical (unpaired) electrons. The fraction of sp³-hybridized carbons (Fsp3) is 0. The quantitative estimate of drug-likeness (QED) is 0.152. The molecule has 0 N–H and O–H groups in total. The summed E-state index contributed by atoms with van der Waals surface area (Å²) >= 11 is 0. The molecule has 0 aliphatic rings. The molecule has 65 heavy (non-hydrogen) atoms. The minimum atomic E-state index is 1.15. The molecule has 1 heteroatoms. The summed E-state index contributed by atoms with van der Waals surface area (Å²) in [5.74, 6) is 0. The zero-order valence-corrected chi connectivity index (χ0v) is 35.3. The highest BCUT2D eigenvalue weighted by molar-refractivity contribution is 6.30. The molecule has 298 valence electrons. The van der Waals surface area contributed by atoms with Crippen LogP contribution in [0.25, 0.3) is 147 Å². The smallest absolute Gasteiger partial charge is 0.0547 e. The number of rotatable bonds is 5. The second-order valence-electron chi connectivity index (χ2n) is 18.0. The largest absolute Gasteiger partial charge is 0.309 e. The van der Waals surface area contributed by atoms with Gasteiger partial charge in [0.05, 0.1) is 11.0 Å². The maximum absolute atomic E-state index is 2.53. The highest BCUT2D eigenvalue weighted by Crippen LogP contribution is 2.48. The van der Waals surface area contributed by atoms with E-state index in [1.807, 2.05) is 0 Å². The van der Waals surface area contributed by atoms with E-state index in [-0.39, 0.29) is 0 Å². The summed E-state index contributed by atoms with van der Waals surface area (Å²) in [6.07, 6.45) is 0. The van der Waals surface area contributed by atoms with Gasteiger partial charge in [0.15, 0.2) is 0 Å². The van der Waals surface area contributed by atoms with Crippen molar-refractivity contribution in [2.75, 3.05) is 0 Å². The second kappa shape index (κ2) is 13.0. The lowest BCUT2D eigenvalue weighted by Gasteiger charge is -2.15. The van der Waals surface area contributed by atoms with Gasteiger partial charge in [-0.05, 0) is 175 Å². The Balaban J connectivity index is 1.02. The Morgan fingerprint density at radius 1 is 0.215 bits per heavy atom. The van der Waals surface area contributed by atoms with E-state index in [0.717, 1.165) is 5.69 Å². The lowest BCUT2D eigenvalue weighted by Crippen LogP contribution is -1.96. The third-order valence-corrected chi connectivity index (χ3v) is 14.5. The Kier molecular flexibility index (Phi) is 7.01. The van der Waals surface area contributed by atoms with Crippen LogP contribution in [0.5, 0.6) is 0 Å². The molecular weight excluding hydrogens is 783 g/mol. The minimum Gasteiger partial charge on any atom is -0.309 e. The summed E-state index contributed by atoms with van der Waals surface area (Å²) in [5.41, 5.74) is 13.3. The van der Waals surface area contributed by atoms with Gasteiger partial charge in [-0.3, -0.25) is 0 Å². The van der Waals surface area contributed by atoms with Gasteiger partial charge in [-0.1, -0.05) is 170 Å². The first-order chi connectivity index (χ1) is 32.2. The Labute approximate surface area is 374 Å². The first-order valence-electron chi connectivity index (χ1n) is 22.6. The molecule has 0 aliphatic heterocycles. The first kappa shape index (κ1) is 35.0. The van der Waals surface area contributed by atoms with Gasteiger partial charge in [0.25, 0.3) is 0 Å². The number of aromatic nitrogens is 1. The SMILES string of the molecule is c1ccc(-c2cc(-c3ccccc3)cc(-n3c4ccc(-c5cc6ccc7cccc8ccc(c5)c6c78)c5ccc6c(-c7cc8ccc9cccc%10ccc(c7)c8c9%10)ccc3c6c54)c2)cc1. The molecule has 0 spiro atoms. The van der Waals surface area contributed by atoms with Crippen LogP contribution in [-0.2, 0) is 0 Å². The summed E-state index contributed by atoms with van der Waals surface area (Å²) in [7, 11) is 0. The average molecular weight is 820 g/mol. The maximum Gasteiger partial charge on any atom is 0.0547 e. The molecule has 0 bridgehead atoms. The van der Waals surface area contributed by atoms with Crippen molar-refractivity contribution in [1.29, 1.82) is 0 Å². The van der Waals surface area contributed by atoms with Crippen molar-refractivity contribution in [2.45, 2.75) is 0 Å². The second-order valence-corrected chi connectivity index (χ2v) is 18.0. The Morgan fingerprint density at radius 2 is 0.585 bits per heavy atom. The topological polar surface area (TPSA) is 4.93 Å². The van der Waals surface area contributed by atoms with Gasteiger partial charge >= 0.3 is 0 Å². The van der Waals surface area contributed by atoms with E-state index >= 15 is 0 Å². The fourth-order valence-corrected chi connectivity index (χ4v) is 11.7. The third kappa shape index (κ3) is 4.98. The van der Waals surface area contributed by atoms with Crippen molar-refractivity contribution in [2.24, 2.45) is 0 Å². The molecular formula is C64H37N. The van der Waals surface area contributed by atoms with E-state index in [4.69, 9.17) is 0 Å². The predicted octanol–water partition coefficient (Wildman–Crippen LogP) is 17.8. The highest BCUT2D eigenvalue weighted by Gasteiger charge is 2.23. The Hall–Kier alpha value is -8.52. The fourth-order valence-electron chi connectivity index (χ4n) is 11.7. The molecule has 14 aromatic carbocycles. The van der Waals surface area contributed by atoms with Gasteiger partial charge in [0.2, 0.25) is 0 Å². The molecule has 15 aromatic rings. The van der Waals surface area contributed by atoms with Crippen LogP contribution in [0, 0.1) is 0 Å². The first-order valence-corrected chi connectivity index (χ1v) is 22.6. The van der Waals surface area contributed by atoms with Crippen LogP contribution in [-0.4, -0.2) is 4.57 Å². The number of nitrogens with zero attached hydrogens (tertiary/aromatic N) is 1. The summed E-state index contributed by atoms with van der Waals surface area (Å²) < 4.78 is 2.53. The van der Waals surface area contributed by atoms with Gasteiger partial charge in [-0.15, -0.1) is 0 Å². The van der Waals surface area contributed by atoms with Crippen LogP contribution in [0.15, 0.2) is 224 Å². The number of hydrogen-bond donors (Lipinski definition) is 0. The normalized spacial score (nSPS) is 12.3. The molecule has 0 atom stereocenters. The molecule has 0 saturated carbocycles. The number of hydrogen-bond acceptors (Lipinski definition) is 0. The van der Waals surface area contributed by atoms with Crippen LogP contribution in [0.4, 0.5) is 0 Å². The number of benzene rings is 14. The van der Waals surface area contributed by atoms with Crippen molar-refractivity contribution < 1.29 is 0 Å². The summed E-state index contributed by atoms with van der Waals surface area (Å²) in [6.45, 7) is 0. The summed E-state index contributed by atoms with van der Waals surface area (Å²) in [4.78, 5) is 0. The molecule has 0 aliphatic carbocycles. The van der Waals surface area contributed by atoms with Gasteiger partial charge in [0, 0.05) is 16.5 Å². The zero-order valence-electron chi connectivity index (χ0n) is 35.3. The van der Waals surface area contributed by atoms with Crippen molar-refractivity contribution in [3.8, 4) is 50.2 Å². The van der Waals surface area contributed by atoms with Gasteiger partial charge in [0.1, 0.15) is 0 Å². The van der Waals surface area contributed by atoms with E-state index in [0.29, 0.717) is 0 Å². The van der Waals surface area contributed by atoms with Crippen molar-refractivity contribution >= 4 is 97.2 Å². The maximum atomic E-state index is 2.53. The highest BCUT2D eigenvalue weighted by atomic mass is 15.0. The van der Waals surface area contributed by atoms with Crippen LogP contribution in [0.2, 0.25) is 0 Å². The van der Waals surface area contributed by atoms with Crippen molar-refractivity contribution in [1.82, 2.24) is 4.57 Å². The molecule has 0 unspecified atom stereocenters.